The van der Waals surface area contributed by atoms with E-state index >= 15 is 0 Å². The van der Waals surface area contributed by atoms with E-state index in [-0.39, 0.29) is 29.3 Å². The zero-order valence-electron chi connectivity index (χ0n) is 19.2. The Labute approximate surface area is 186 Å². The summed E-state index contributed by atoms with van der Waals surface area (Å²) >= 11 is 0. The van der Waals surface area contributed by atoms with Gasteiger partial charge < -0.3 is 14.4 Å². The van der Waals surface area contributed by atoms with Crippen LogP contribution in [0.4, 0.5) is 5.69 Å². The predicted octanol–water partition coefficient (Wildman–Crippen LogP) is 4.13. The molecule has 2 aliphatic heterocycles. The summed E-state index contributed by atoms with van der Waals surface area (Å²) in [4.78, 5) is 17.7. The normalized spacial score (nSPS) is 35.8. The van der Waals surface area contributed by atoms with Crippen molar-refractivity contribution in [2.45, 2.75) is 45.6 Å². The summed E-state index contributed by atoms with van der Waals surface area (Å²) < 4.78 is 11.5. The highest BCUT2D eigenvalue weighted by molar-refractivity contribution is 5.76. The van der Waals surface area contributed by atoms with Crippen LogP contribution in [0.3, 0.4) is 0 Å². The molecular weight excluding hydrogens is 388 g/mol. The van der Waals surface area contributed by atoms with Gasteiger partial charge in [-0.2, -0.15) is 0 Å². The van der Waals surface area contributed by atoms with E-state index in [4.69, 9.17) is 9.47 Å². The second-order valence-electron chi connectivity index (χ2n) is 10.3. The Balaban J connectivity index is 1.26. The second kappa shape index (κ2) is 8.16. The molecule has 0 aromatic heterocycles. The highest BCUT2D eigenvalue weighted by atomic mass is 16.6. The van der Waals surface area contributed by atoms with Crippen LogP contribution in [0.15, 0.2) is 35.9 Å². The Morgan fingerprint density at radius 3 is 2.74 bits per heavy atom. The van der Waals surface area contributed by atoms with Crippen LogP contribution in [0.5, 0.6) is 5.75 Å². The van der Waals surface area contributed by atoms with Crippen molar-refractivity contribution in [3.8, 4) is 5.75 Å². The maximum absolute atomic E-state index is 12.9. The van der Waals surface area contributed by atoms with Crippen LogP contribution >= 0.6 is 0 Å². The van der Waals surface area contributed by atoms with Crippen LogP contribution in [-0.4, -0.2) is 56.8 Å². The molecule has 5 nitrogen and oxygen atoms in total. The molecule has 2 heterocycles. The van der Waals surface area contributed by atoms with E-state index in [0.717, 1.165) is 50.6 Å². The average molecular weight is 425 g/mol. The summed E-state index contributed by atoms with van der Waals surface area (Å²) in [7, 11) is 1.73. The molecular formula is C26H36N2O3. The summed E-state index contributed by atoms with van der Waals surface area (Å²) in [6.07, 6.45) is 7.37. The number of ether oxygens (including phenoxy) is 2. The van der Waals surface area contributed by atoms with E-state index in [2.05, 4.69) is 41.9 Å². The number of para-hydroxylation sites is 2. The number of carbonyl (C=O) groups is 1. The number of allylic oxidation sites excluding steroid dienone is 1. The first-order chi connectivity index (χ1) is 15.0. The van der Waals surface area contributed by atoms with Gasteiger partial charge in [0.05, 0.1) is 18.7 Å². The molecule has 1 aromatic rings. The van der Waals surface area contributed by atoms with Crippen molar-refractivity contribution in [3.05, 3.63) is 35.9 Å². The zero-order valence-corrected chi connectivity index (χ0v) is 19.2. The number of fused-ring (bicyclic) bond motifs is 2. The molecule has 0 bridgehead atoms. The van der Waals surface area contributed by atoms with Crippen LogP contribution in [0.1, 0.15) is 39.5 Å². The largest absolute Gasteiger partial charge is 0.495 e. The number of benzene rings is 1. The number of esters is 1. The molecule has 31 heavy (non-hydrogen) atoms. The molecule has 3 fully saturated rings. The summed E-state index contributed by atoms with van der Waals surface area (Å²) in [5.41, 5.74) is 2.99. The van der Waals surface area contributed by atoms with Gasteiger partial charge in [0.15, 0.2) is 0 Å². The Bertz CT molecular complexity index is 860. The van der Waals surface area contributed by atoms with Gasteiger partial charge in [0.2, 0.25) is 0 Å². The molecule has 5 atom stereocenters. The molecule has 168 valence electrons. The smallest absolute Gasteiger partial charge is 0.311 e. The van der Waals surface area contributed by atoms with Gasteiger partial charge in [-0.25, -0.2) is 0 Å². The Hall–Kier alpha value is -2.01. The van der Waals surface area contributed by atoms with Crippen LogP contribution in [0.2, 0.25) is 0 Å². The number of carbonyl (C=O) groups excluding carboxylic acids is 1. The molecule has 2 aliphatic carbocycles. The standard InChI is InChI=1S/C26H36N2O3/c1-18-7-6-10-26(2)16-24-19(15-21(18)26)20(25(29)31-24)17-27-11-13-28(14-12-27)22-8-4-5-9-23(22)30-3/h4-5,8-9,15,18-20,24H,6-7,10-14,16-17H2,1-3H3/t18-,19+,20+,24-,26+/m1/s1. The van der Waals surface area contributed by atoms with Gasteiger partial charge in [0, 0.05) is 38.6 Å². The molecule has 0 radical (unpaired) electrons. The lowest BCUT2D eigenvalue weighted by Crippen LogP contribution is -2.49. The van der Waals surface area contributed by atoms with Gasteiger partial charge in [-0.05, 0) is 42.7 Å². The zero-order chi connectivity index (χ0) is 21.6. The molecule has 5 rings (SSSR count). The fourth-order valence-electron chi connectivity index (χ4n) is 6.60. The number of piperazine rings is 1. The lowest BCUT2D eigenvalue weighted by atomic mass is 9.59. The van der Waals surface area contributed by atoms with Crippen molar-refractivity contribution >= 4 is 11.7 Å². The minimum atomic E-state index is -0.0195. The minimum absolute atomic E-state index is 0.0195. The van der Waals surface area contributed by atoms with Crippen molar-refractivity contribution in [2.24, 2.45) is 23.2 Å². The first kappa shape index (κ1) is 20.9. The van der Waals surface area contributed by atoms with Crippen molar-refractivity contribution in [2.75, 3.05) is 44.7 Å². The highest BCUT2D eigenvalue weighted by Gasteiger charge is 2.52. The van der Waals surface area contributed by atoms with Gasteiger partial charge in [-0.3, -0.25) is 9.69 Å². The van der Waals surface area contributed by atoms with Crippen LogP contribution in [0, 0.1) is 23.2 Å². The first-order valence-corrected chi connectivity index (χ1v) is 12.0. The fraction of sp³-hybridized carbons (Fsp3) is 0.654. The van der Waals surface area contributed by atoms with Crippen molar-refractivity contribution in [3.63, 3.8) is 0 Å². The van der Waals surface area contributed by atoms with Crippen molar-refractivity contribution in [1.82, 2.24) is 4.90 Å². The molecule has 0 spiro atoms. The SMILES string of the molecule is COc1ccccc1N1CCN(C[C@@H]2C(=O)O[C@@H]3C[C@]4(C)CCC[C@@H](C)C4=C[C@@H]23)CC1. The third-order valence-corrected chi connectivity index (χ3v) is 8.33. The van der Waals surface area contributed by atoms with E-state index in [1.54, 1.807) is 12.7 Å². The molecule has 4 aliphatic rings. The highest BCUT2D eigenvalue weighted by Crippen LogP contribution is 2.54. The van der Waals surface area contributed by atoms with E-state index in [1.165, 1.54) is 19.3 Å². The monoisotopic (exact) mass is 424 g/mol. The fourth-order valence-corrected chi connectivity index (χ4v) is 6.60. The molecule has 1 saturated carbocycles. The maximum Gasteiger partial charge on any atom is 0.311 e. The minimum Gasteiger partial charge on any atom is -0.495 e. The maximum atomic E-state index is 12.9. The lowest BCUT2D eigenvalue weighted by molar-refractivity contribution is -0.145. The van der Waals surface area contributed by atoms with E-state index in [0.29, 0.717) is 5.92 Å². The predicted molar refractivity (Wildman–Crippen MR) is 122 cm³/mol. The van der Waals surface area contributed by atoms with E-state index in [9.17, 15) is 4.79 Å². The number of anilines is 1. The van der Waals surface area contributed by atoms with Crippen LogP contribution in [0.25, 0.3) is 0 Å². The molecule has 0 amide bonds. The summed E-state index contributed by atoms with van der Waals surface area (Å²) in [6.45, 7) is 9.40. The van der Waals surface area contributed by atoms with E-state index in [1.807, 2.05) is 12.1 Å². The topological polar surface area (TPSA) is 42.0 Å². The molecule has 1 aromatic carbocycles. The molecule has 0 unspecified atom stereocenters. The summed E-state index contributed by atoms with van der Waals surface area (Å²) in [5, 5.41) is 0. The number of rotatable bonds is 4. The second-order valence-corrected chi connectivity index (χ2v) is 10.3. The quantitative estimate of drug-likeness (QED) is 0.537. The van der Waals surface area contributed by atoms with Gasteiger partial charge >= 0.3 is 5.97 Å². The first-order valence-electron chi connectivity index (χ1n) is 12.0. The van der Waals surface area contributed by atoms with E-state index < -0.39 is 0 Å². The van der Waals surface area contributed by atoms with Gasteiger partial charge in [-0.1, -0.05) is 44.1 Å². The van der Waals surface area contributed by atoms with Crippen molar-refractivity contribution < 1.29 is 14.3 Å². The third-order valence-electron chi connectivity index (χ3n) is 8.33. The van der Waals surface area contributed by atoms with Crippen molar-refractivity contribution in [1.29, 1.82) is 0 Å². The number of hydrogen-bond acceptors (Lipinski definition) is 5. The average Bonchev–Trinajstić information content (AvgIpc) is 3.06. The summed E-state index contributed by atoms with van der Waals surface area (Å²) in [5.74, 6) is 1.82. The number of nitrogens with zero attached hydrogens (tertiary/aromatic N) is 2. The van der Waals surface area contributed by atoms with Gasteiger partial charge in [0.25, 0.3) is 0 Å². The van der Waals surface area contributed by atoms with Crippen LogP contribution in [-0.2, 0) is 9.53 Å². The summed E-state index contributed by atoms with van der Waals surface area (Å²) in [6, 6.07) is 8.23. The molecule has 5 heteroatoms. The van der Waals surface area contributed by atoms with Gasteiger partial charge in [-0.15, -0.1) is 0 Å². The molecule has 2 saturated heterocycles. The van der Waals surface area contributed by atoms with Gasteiger partial charge in [0.1, 0.15) is 11.9 Å². The third kappa shape index (κ3) is 3.75. The Morgan fingerprint density at radius 1 is 1.19 bits per heavy atom. The Morgan fingerprint density at radius 2 is 1.97 bits per heavy atom. The number of hydrogen-bond donors (Lipinski definition) is 0. The Kier molecular flexibility index (Phi) is 5.49. The molecule has 0 N–H and O–H groups in total. The number of methoxy groups -OCH3 is 1. The lowest BCUT2D eigenvalue weighted by Gasteiger charge is -2.46. The van der Waals surface area contributed by atoms with Crippen LogP contribution < -0.4 is 9.64 Å².